The number of allylic oxidation sites excluding steroid dienone is 1. The topological polar surface area (TPSA) is 109 Å². The Bertz CT molecular complexity index is 973. The molecule has 9 heteroatoms. The highest BCUT2D eigenvalue weighted by Crippen LogP contribution is 2.33. The summed E-state index contributed by atoms with van der Waals surface area (Å²) >= 11 is 6.39. The van der Waals surface area contributed by atoms with Gasteiger partial charge in [-0.1, -0.05) is 48.3 Å². The number of phenols is 1. The van der Waals surface area contributed by atoms with Crippen LogP contribution in [0.15, 0.2) is 35.5 Å². The largest absolute Gasteiger partial charge is 0.506 e. The molecule has 192 valence electrons. The van der Waals surface area contributed by atoms with E-state index in [0.717, 1.165) is 12.8 Å². The number of oxime groups is 1. The summed E-state index contributed by atoms with van der Waals surface area (Å²) in [5.74, 6) is -0.908. The zero-order valence-electron chi connectivity index (χ0n) is 20.6. The van der Waals surface area contributed by atoms with Crippen LogP contribution in [0.5, 0.6) is 5.75 Å². The third kappa shape index (κ3) is 8.71. The number of rotatable bonds is 7. The average Bonchev–Trinajstić information content (AvgIpc) is 2.81. The molecule has 8 nitrogen and oxygen atoms in total. The second-order valence-electron chi connectivity index (χ2n) is 8.30. The zero-order chi connectivity index (χ0) is 25.8. The number of aliphatic hydroxyl groups is 1. The normalized spacial score (nSPS) is 19.9. The number of aryl methyl sites for hydroxylation is 1. The van der Waals surface area contributed by atoms with Gasteiger partial charge in [-0.2, -0.15) is 0 Å². The minimum Gasteiger partial charge on any atom is -0.506 e. The monoisotopic (exact) mass is 506 g/mol. The van der Waals surface area contributed by atoms with Gasteiger partial charge in [0.1, 0.15) is 5.75 Å². The Hall–Kier alpha value is -2.84. The fraction of sp³-hybridized carbons (Fsp3) is 0.500. The van der Waals surface area contributed by atoms with E-state index in [9.17, 15) is 19.8 Å². The van der Waals surface area contributed by atoms with E-state index in [0.29, 0.717) is 42.8 Å². The lowest BCUT2D eigenvalue weighted by Gasteiger charge is -2.19. The van der Waals surface area contributed by atoms with Crippen LogP contribution < -0.4 is 0 Å². The summed E-state index contributed by atoms with van der Waals surface area (Å²) in [5, 5.41) is 24.5. The molecule has 1 unspecified atom stereocenters. The number of aromatic hydroxyl groups is 1. The molecule has 0 bridgehead atoms. The Balaban J connectivity index is 2.36. The van der Waals surface area contributed by atoms with Crippen molar-refractivity contribution in [3.05, 3.63) is 52.1 Å². The first-order chi connectivity index (χ1) is 16.8. The summed E-state index contributed by atoms with van der Waals surface area (Å²) in [4.78, 5) is 32.4. The van der Waals surface area contributed by atoms with Crippen LogP contribution in [0, 0.1) is 6.92 Å². The average molecular weight is 507 g/mol. The first-order valence-corrected chi connectivity index (χ1v) is 12.3. The van der Waals surface area contributed by atoms with Crippen LogP contribution in [0.4, 0.5) is 0 Å². The highest BCUT2D eigenvalue weighted by atomic mass is 35.5. The van der Waals surface area contributed by atoms with E-state index in [1.54, 1.807) is 36.1 Å². The van der Waals surface area contributed by atoms with Crippen LogP contribution in [0.1, 0.15) is 61.0 Å². The summed E-state index contributed by atoms with van der Waals surface area (Å²) < 4.78 is 5.39. The number of esters is 1. The number of cyclic esters (lactones) is 1. The van der Waals surface area contributed by atoms with Crippen molar-refractivity contribution in [2.75, 3.05) is 26.3 Å². The van der Waals surface area contributed by atoms with E-state index in [1.807, 2.05) is 6.92 Å². The molecule has 1 atom stereocenters. The molecule has 0 saturated heterocycles. The maximum atomic E-state index is 12.9. The molecule has 1 aromatic rings. The highest BCUT2D eigenvalue weighted by Gasteiger charge is 2.23. The summed E-state index contributed by atoms with van der Waals surface area (Å²) in [6.07, 6.45) is 8.75. The molecule has 0 fully saturated rings. The molecule has 1 aliphatic rings. The molecule has 35 heavy (non-hydrogen) atoms. The van der Waals surface area contributed by atoms with Gasteiger partial charge in [-0.3, -0.25) is 4.79 Å². The standard InChI is InChI=1S/C26H35ClN2O6/c1-4-6-13-29(5-2)23(32)17-35-28-19-10-9-12-20(30)11-7-8-14-34-26(33)24-18(3)15-22(31)25(27)21(24)16-19/h7,9-11,15,20,30-31H,4-6,8,12-14,16-17H2,1-3H3/b10-9+,11-7+,28-19+. The SMILES string of the molecule is CCCCN(CC)C(=O)CO/N=C1\C=C\CC(O)/C=C/CCOC(=O)c2c(C)cc(O)c(Cl)c2C1. The van der Waals surface area contributed by atoms with Gasteiger partial charge in [0.05, 0.1) is 29.0 Å². The minimum atomic E-state index is -0.715. The van der Waals surface area contributed by atoms with Gasteiger partial charge in [0.25, 0.3) is 5.91 Å². The molecule has 1 amide bonds. The molecular weight excluding hydrogens is 472 g/mol. The Morgan fingerprint density at radius 2 is 2.11 bits per heavy atom. The van der Waals surface area contributed by atoms with Crippen LogP contribution in [0.3, 0.4) is 0 Å². The molecule has 2 N–H and O–H groups in total. The quantitative estimate of drug-likeness (QED) is 0.323. The lowest BCUT2D eigenvalue weighted by molar-refractivity contribution is -0.136. The van der Waals surface area contributed by atoms with Crippen LogP contribution in [-0.2, 0) is 20.8 Å². The molecule has 0 saturated carbocycles. The molecule has 2 rings (SSSR count). The minimum absolute atomic E-state index is 0.0171. The number of carbonyl (C=O) groups is 2. The van der Waals surface area contributed by atoms with Crippen molar-refractivity contribution in [3.8, 4) is 5.75 Å². The summed E-state index contributed by atoms with van der Waals surface area (Å²) in [7, 11) is 0. The Kier molecular flexibility index (Phi) is 11.8. The van der Waals surface area contributed by atoms with E-state index in [4.69, 9.17) is 21.2 Å². The second-order valence-corrected chi connectivity index (χ2v) is 8.68. The summed E-state index contributed by atoms with van der Waals surface area (Å²) in [6, 6.07) is 1.42. The van der Waals surface area contributed by atoms with E-state index in [2.05, 4.69) is 12.1 Å². The van der Waals surface area contributed by atoms with E-state index in [1.165, 1.54) is 6.07 Å². The van der Waals surface area contributed by atoms with Crippen molar-refractivity contribution in [2.24, 2.45) is 5.16 Å². The molecule has 1 aliphatic heterocycles. The number of aliphatic hydroxyl groups excluding tert-OH is 1. The van der Waals surface area contributed by atoms with Gasteiger partial charge in [0.15, 0.2) is 6.61 Å². The number of benzene rings is 1. The van der Waals surface area contributed by atoms with Gasteiger partial charge in [-0.25, -0.2) is 4.79 Å². The molecule has 0 aromatic heterocycles. The van der Waals surface area contributed by atoms with Crippen molar-refractivity contribution in [1.29, 1.82) is 0 Å². The maximum Gasteiger partial charge on any atom is 0.338 e. The molecular formula is C26H35ClN2O6. The predicted octanol–water partition coefficient (Wildman–Crippen LogP) is 4.34. The Morgan fingerprint density at radius 1 is 1.34 bits per heavy atom. The number of nitrogens with zero attached hydrogens (tertiary/aromatic N) is 2. The number of likely N-dealkylation sites (N-methyl/N-ethyl adjacent to an activating group) is 1. The number of halogens is 1. The number of fused-ring (bicyclic) bond motifs is 1. The van der Waals surface area contributed by atoms with E-state index >= 15 is 0 Å². The number of amides is 1. The van der Waals surface area contributed by atoms with Crippen molar-refractivity contribution in [1.82, 2.24) is 4.90 Å². The number of ether oxygens (including phenoxy) is 1. The van der Waals surface area contributed by atoms with Gasteiger partial charge in [0.2, 0.25) is 0 Å². The first kappa shape index (κ1) is 28.4. The van der Waals surface area contributed by atoms with Gasteiger partial charge >= 0.3 is 5.97 Å². The van der Waals surface area contributed by atoms with Gasteiger partial charge in [-0.15, -0.1) is 0 Å². The van der Waals surface area contributed by atoms with Gasteiger partial charge in [-0.05, 0) is 56.4 Å². The molecule has 0 aliphatic carbocycles. The van der Waals surface area contributed by atoms with Crippen LogP contribution >= 0.6 is 11.6 Å². The number of carbonyl (C=O) groups excluding carboxylic acids is 2. The zero-order valence-corrected chi connectivity index (χ0v) is 21.4. The number of hydrogen-bond donors (Lipinski definition) is 2. The third-order valence-electron chi connectivity index (χ3n) is 5.55. The first-order valence-electron chi connectivity index (χ1n) is 11.9. The van der Waals surface area contributed by atoms with E-state index < -0.39 is 12.1 Å². The van der Waals surface area contributed by atoms with Crippen LogP contribution in [-0.4, -0.2) is 65.1 Å². The fourth-order valence-electron chi connectivity index (χ4n) is 3.63. The number of hydrogen-bond acceptors (Lipinski definition) is 7. The van der Waals surface area contributed by atoms with Crippen molar-refractivity contribution >= 4 is 29.2 Å². The van der Waals surface area contributed by atoms with Crippen molar-refractivity contribution in [2.45, 2.75) is 59.0 Å². The Morgan fingerprint density at radius 3 is 2.83 bits per heavy atom. The summed E-state index contributed by atoms with van der Waals surface area (Å²) in [5.41, 5.74) is 1.48. The molecule has 1 heterocycles. The number of unbranched alkanes of at least 4 members (excludes halogenated alkanes) is 1. The van der Waals surface area contributed by atoms with Gasteiger partial charge < -0.3 is 24.7 Å². The third-order valence-corrected chi connectivity index (χ3v) is 5.97. The van der Waals surface area contributed by atoms with Crippen molar-refractivity contribution in [3.63, 3.8) is 0 Å². The fourth-order valence-corrected chi connectivity index (χ4v) is 3.85. The van der Waals surface area contributed by atoms with Gasteiger partial charge in [0, 0.05) is 19.5 Å². The lowest BCUT2D eigenvalue weighted by Crippen LogP contribution is -2.34. The molecule has 0 spiro atoms. The van der Waals surface area contributed by atoms with Crippen molar-refractivity contribution < 1.29 is 29.4 Å². The maximum absolute atomic E-state index is 12.9. The number of phenolic OH excluding ortho intramolecular Hbond substituents is 1. The predicted molar refractivity (Wildman–Crippen MR) is 136 cm³/mol. The Labute approximate surface area is 211 Å². The highest BCUT2D eigenvalue weighted by molar-refractivity contribution is 6.33. The van der Waals surface area contributed by atoms with Crippen LogP contribution in [0.25, 0.3) is 0 Å². The molecule has 1 aromatic carbocycles. The lowest BCUT2D eigenvalue weighted by atomic mass is 9.96. The van der Waals surface area contributed by atoms with E-state index in [-0.39, 0.29) is 41.9 Å². The smallest absolute Gasteiger partial charge is 0.338 e. The molecule has 0 radical (unpaired) electrons. The summed E-state index contributed by atoms with van der Waals surface area (Å²) in [6.45, 7) is 6.79. The second kappa shape index (κ2) is 14.5. The van der Waals surface area contributed by atoms with Crippen LogP contribution in [0.2, 0.25) is 5.02 Å².